The molecule has 0 saturated carbocycles. The molecule has 0 aliphatic rings. The van der Waals surface area contributed by atoms with Crippen molar-refractivity contribution in [3.05, 3.63) is 29.8 Å². The second kappa shape index (κ2) is 12.7. The summed E-state index contributed by atoms with van der Waals surface area (Å²) in [5.74, 6) is -0.0812. The van der Waals surface area contributed by atoms with Crippen LogP contribution in [0.15, 0.2) is 24.3 Å². The third-order valence-corrected chi connectivity index (χ3v) is 3.88. The number of rotatable bonds is 11. The average Bonchev–Trinajstić information content (AvgIpc) is 2.68. The molecule has 27 heavy (non-hydrogen) atoms. The van der Waals surface area contributed by atoms with Crippen LogP contribution in [0.5, 0.6) is 5.75 Å². The van der Waals surface area contributed by atoms with Gasteiger partial charge >= 0.3 is 6.03 Å². The Bertz CT molecular complexity index is 630. The smallest absolute Gasteiger partial charge is 0.319 e. The minimum Gasteiger partial charge on any atom is -0.490 e. The highest BCUT2D eigenvalue weighted by Gasteiger charge is 2.09. The molecular formula is C19H30N4O4. The highest BCUT2D eigenvalue weighted by molar-refractivity contribution is 5.93. The van der Waals surface area contributed by atoms with Crippen LogP contribution in [0, 0.1) is 0 Å². The summed E-state index contributed by atoms with van der Waals surface area (Å²) < 4.78 is 5.85. The summed E-state index contributed by atoms with van der Waals surface area (Å²) in [6, 6.07) is 4.90. The molecule has 0 heterocycles. The molecule has 4 N–H and O–H groups in total. The van der Waals surface area contributed by atoms with Crippen LogP contribution in [-0.2, 0) is 4.79 Å². The van der Waals surface area contributed by atoms with Gasteiger partial charge in [-0.2, -0.15) is 0 Å². The minimum atomic E-state index is -0.634. The predicted molar refractivity (Wildman–Crippen MR) is 106 cm³/mol. The Kier molecular flexibility index (Phi) is 10.6. The molecule has 0 aliphatic heterocycles. The molecule has 0 saturated heterocycles. The van der Waals surface area contributed by atoms with Gasteiger partial charge in [-0.3, -0.25) is 10.0 Å². The number of benzene rings is 1. The van der Waals surface area contributed by atoms with Crippen molar-refractivity contribution in [2.75, 3.05) is 38.1 Å². The van der Waals surface area contributed by atoms with E-state index in [4.69, 9.17) is 9.94 Å². The van der Waals surface area contributed by atoms with Gasteiger partial charge in [-0.05, 0) is 43.3 Å². The van der Waals surface area contributed by atoms with Crippen LogP contribution in [0.1, 0.15) is 32.8 Å². The monoisotopic (exact) mass is 378 g/mol. The third kappa shape index (κ3) is 8.57. The summed E-state index contributed by atoms with van der Waals surface area (Å²) in [5, 5.41) is 14.1. The number of carbonyl (C=O) groups is 2. The zero-order chi connectivity index (χ0) is 20.1. The Morgan fingerprint density at radius 2 is 1.96 bits per heavy atom. The number of nitrogens with one attached hydrogen (secondary N) is 3. The fraction of sp³-hybridized carbons (Fsp3) is 0.474. The molecule has 1 aromatic rings. The van der Waals surface area contributed by atoms with Crippen LogP contribution >= 0.6 is 0 Å². The van der Waals surface area contributed by atoms with Crippen molar-refractivity contribution in [2.45, 2.75) is 27.2 Å². The second-order valence-electron chi connectivity index (χ2n) is 5.82. The normalized spacial score (nSPS) is 10.9. The van der Waals surface area contributed by atoms with Gasteiger partial charge in [0.1, 0.15) is 12.4 Å². The van der Waals surface area contributed by atoms with Crippen LogP contribution in [0.4, 0.5) is 10.5 Å². The maximum absolute atomic E-state index is 12.0. The van der Waals surface area contributed by atoms with E-state index in [1.54, 1.807) is 18.2 Å². The Hall–Kier alpha value is -2.58. The van der Waals surface area contributed by atoms with E-state index in [-0.39, 0.29) is 6.03 Å². The zero-order valence-corrected chi connectivity index (χ0v) is 16.2. The van der Waals surface area contributed by atoms with Gasteiger partial charge < -0.3 is 20.3 Å². The predicted octanol–water partition coefficient (Wildman–Crippen LogP) is 2.46. The lowest BCUT2D eigenvalue weighted by Crippen LogP contribution is -2.30. The lowest BCUT2D eigenvalue weighted by molar-refractivity contribution is -0.124. The van der Waals surface area contributed by atoms with Gasteiger partial charge in [-0.1, -0.05) is 26.8 Å². The molecule has 0 atom stereocenters. The molecule has 0 unspecified atom stereocenters. The average molecular weight is 378 g/mol. The lowest BCUT2D eigenvalue weighted by atomic mass is 10.1. The summed E-state index contributed by atoms with van der Waals surface area (Å²) in [6.45, 7) is 9.90. The molecule has 8 heteroatoms. The standard InChI is InChI=1S/C19H30N4O4/c1-4-11-20-19(25)21-16-14-15(8-10-18(24)22-26)7-9-17(16)27-13-12-23(5-2)6-3/h7-10,14,26H,4-6,11-13H2,1-3H3,(H,22,24)(H2,20,21,25)/b10-8+. The Morgan fingerprint density at radius 1 is 1.22 bits per heavy atom. The van der Waals surface area contributed by atoms with E-state index in [0.717, 1.165) is 26.1 Å². The van der Waals surface area contributed by atoms with Gasteiger partial charge in [0, 0.05) is 19.2 Å². The summed E-state index contributed by atoms with van der Waals surface area (Å²) in [7, 11) is 0. The number of hydrogen-bond donors (Lipinski definition) is 4. The number of urea groups is 1. The van der Waals surface area contributed by atoms with E-state index >= 15 is 0 Å². The zero-order valence-electron chi connectivity index (χ0n) is 16.2. The maximum atomic E-state index is 12.0. The second-order valence-corrected chi connectivity index (χ2v) is 5.82. The lowest BCUT2D eigenvalue weighted by Gasteiger charge is -2.19. The molecule has 0 fully saturated rings. The van der Waals surface area contributed by atoms with Crippen molar-refractivity contribution in [3.63, 3.8) is 0 Å². The largest absolute Gasteiger partial charge is 0.490 e. The van der Waals surface area contributed by atoms with E-state index in [9.17, 15) is 9.59 Å². The fourth-order valence-corrected chi connectivity index (χ4v) is 2.31. The first-order valence-electron chi connectivity index (χ1n) is 9.20. The van der Waals surface area contributed by atoms with Crippen LogP contribution in [0.3, 0.4) is 0 Å². The molecule has 1 rings (SSSR count). The number of nitrogens with zero attached hydrogens (tertiary/aromatic N) is 1. The Labute approximate surface area is 160 Å². The number of ether oxygens (including phenoxy) is 1. The van der Waals surface area contributed by atoms with Gasteiger partial charge in [0.2, 0.25) is 0 Å². The van der Waals surface area contributed by atoms with Crippen molar-refractivity contribution >= 4 is 23.7 Å². The Morgan fingerprint density at radius 3 is 2.59 bits per heavy atom. The first-order valence-corrected chi connectivity index (χ1v) is 9.20. The Balaban J connectivity index is 2.89. The third-order valence-electron chi connectivity index (χ3n) is 3.88. The van der Waals surface area contributed by atoms with Crippen molar-refractivity contribution in [1.29, 1.82) is 0 Å². The molecule has 8 nitrogen and oxygen atoms in total. The SMILES string of the molecule is CCCNC(=O)Nc1cc(/C=C/C(=O)NO)ccc1OCCN(CC)CC. The minimum absolute atomic E-state index is 0.320. The first-order chi connectivity index (χ1) is 13.0. The molecule has 0 aliphatic carbocycles. The van der Waals surface area contributed by atoms with Crippen molar-refractivity contribution in [2.24, 2.45) is 0 Å². The highest BCUT2D eigenvalue weighted by Crippen LogP contribution is 2.26. The van der Waals surface area contributed by atoms with Crippen LogP contribution in [0.25, 0.3) is 6.08 Å². The van der Waals surface area contributed by atoms with Crippen molar-refractivity contribution in [3.8, 4) is 5.75 Å². The van der Waals surface area contributed by atoms with Crippen molar-refractivity contribution < 1.29 is 19.5 Å². The number of carbonyl (C=O) groups excluding carboxylic acids is 2. The van der Waals surface area contributed by atoms with Gasteiger partial charge in [0.05, 0.1) is 5.69 Å². The molecule has 1 aromatic carbocycles. The molecule has 0 bridgehead atoms. The van der Waals surface area contributed by atoms with Gasteiger partial charge in [0.25, 0.3) is 5.91 Å². The topological polar surface area (TPSA) is 103 Å². The summed E-state index contributed by atoms with van der Waals surface area (Å²) >= 11 is 0. The molecule has 0 aromatic heterocycles. The van der Waals surface area contributed by atoms with E-state index in [1.807, 2.05) is 6.92 Å². The summed E-state index contributed by atoms with van der Waals surface area (Å²) in [4.78, 5) is 25.4. The molecular weight excluding hydrogens is 348 g/mol. The fourth-order valence-electron chi connectivity index (χ4n) is 2.31. The quantitative estimate of drug-likeness (QED) is 0.269. The van der Waals surface area contributed by atoms with Crippen molar-refractivity contribution in [1.82, 2.24) is 15.7 Å². The summed E-state index contributed by atoms with van der Waals surface area (Å²) in [6.07, 6.45) is 3.55. The number of hydrogen-bond acceptors (Lipinski definition) is 5. The number of amides is 3. The maximum Gasteiger partial charge on any atom is 0.319 e. The molecule has 3 amide bonds. The van der Waals surface area contributed by atoms with E-state index in [0.29, 0.717) is 30.2 Å². The van der Waals surface area contributed by atoms with Crippen LogP contribution in [-0.4, -0.2) is 54.8 Å². The van der Waals surface area contributed by atoms with E-state index in [1.165, 1.54) is 17.6 Å². The number of likely N-dealkylation sites (N-methyl/N-ethyl adjacent to an activating group) is 1. The molecule has 0 radical (unpaired) electrons. The van der Waals surface area contributed by atoms with Crippen LogP contribution < -0.4 is 20.9 Å². The molecule has 150 valence electrons. The molecule has 0 spiro atoms. The van der Waals surface area contributed by atoms with Gasteiger partial charge in [-0.15, -0.1) is 0 Å². The summed E-state index contributed by atoms with van der Waals surface area (Å²) in [5.41, 5.74) is 2.72. The van der Waals surface area contributed by atoms with Crippen LogP contribution in [0.2, 0.25) is 0 Å². The first kappa shape index (κ1) is 22.5. The van der Waals surface area contributed by atoms with Gasteiger partial charge in [-0.25, -0.2) is 10.3 Å². The number of hydroxylamine groups is 1. The highest BCUT2D eigenvalue weighted by atomic mass is 16.5. The number of anilines is 1. The van der Waals surface area contributed by atoms with Gasteiger partial charge in [0.15, 0.2) is 0 Å². The van der Waals surface area contributed by atoms with E-state index in [2.05, 4.69) is 29.4 Å². The van der Waals surface area contributed by atoms with E-state index < -0.39 is 5.91 Å².